The van der Waals surface area contributed by atoms with Crippen molar-refractivity contribution in [2.45, 2.75) is 0 Å². The molecule has 1 aromatic carbocycles. The van der Waals surface area contributed by atoms with Gasteiger partial charge < -0.3 is 10.1 Å². The van der Waals surface area contributed by atoms with Gasteiger partial charge in [0.05, 0.1) is 10.5 Å². The molecule has 3 nitrogen and oxygen atoms in total. The summed E-state index contributed by atoms with van der Waals surface area (Å²) in [6.07, 6.45) is 0. The summed E-state index contributed by atoms with van der Waals surface area (Å²) >= 11 is 14.6. The summed E-state index contributed by atoms with van der Waals surface area (Å²) < 4.78 is 0.0633. The highest BCUT2D eigenvalue weighted by molar-refractivity contribution is 9.10. The van der Waals surface area contributed by atoms with Gasteiger partial charge in [-0.2, -0.15) is 0 Å². The first-order valence-electron chi connectivity index (χ1n) is 3.90. The number of rotatable bonds is 0. The second kappa shape index (κ2) is 3.70. The van der Waals surface area contributed by atoms with Crippen LogP contribution in [0.25, 0.3) is 10.9 Å². The van der Waals surface area contributed by atoms with E-state index < -0.39 is 5.56 Å². The van der Waals surface area contributed by atoms with Crippen LogP contribution in [0.15, 0.2) is 21.4 Å². The van der Waals surface area contributed by atoms with E-state index in [9.17, 15) is 9.90 Å². The van der Waals surface area contributed by atoms with Gasteiger partial charge in [0.15, 0.2) is 0 Å². The van der Waals surface area contributed by atoms with Crippen molar-refractivity contribution in [1.82, 2.24) is 4.98 Å². The number of pyridine rings is 1. The maximum atomic E-state index is 11.3. The Balaban J connectivity index is 3.05. The Kier molecular flexibility index (Phi) is 2.66. The SMILES string of the molecule is O=c1[nH]c2c(Cl)cc(Cl)cc2c(O)c1Br. The smallest absolute Gasteiger partial charge is 0.266 e. The van der Waals surface area contributed by atoms with Crippen LogP contribution in [0.3, 0.4) is 0 Å². The molecule has 0 unspecified atom stereocenters. The molecule has 1 heterocycles. The molecule has 0 saturated carbocycles. The fraction of sp³-hybridized carbons (Fsp3) is 0. The number of hydrogen-bond acceptors (Lipinski definition) is 2. The molecule has 0 aliphatic rings. The number of aromatic hydroxyl groups is 1. The van der Waals surface area contributed by atoms with Crippen molar-refractivity contribution in [1.29, 1.82) is 0 Å². The van der Waals surface area contributed by atoms with Gasteiger partial charge in [-0.3, -0.25) is 4.79 Å². The number of fused-ring (bicyclic) bond motifs is 1. The van der Waals surface area contributed by atoms with Gasteiger partial charge in [-0.05, 0) is 28.1 Å². The average molecular weight is 309 g/mol. The topological polar surface area (TPSA) is 53.1 Å². The van der Waals surface area contributed by atoms with E-state index in [-0.39, 0.29) is 15.2 Å². The second-order valence-corrected chi connectivity index (χ2v) is 4.56. The normalized spacial score (nSPS) is 10.9. The minimum absolute atomic E-state index is 0.0633. The lowest BCUT2D eigenvalue weighted by Crippen LogP contribution is -2.06. The molecule has 0 aliphatic heterocycles. The molecule has 15 heavy (non-hydrogen) atoms. The van der Waals surface area contributed by atoms with E-state index in [0.717, 1.165) is 0 Å². The van der Waals surface area contributed by atoms with E-state index in [2.05, 4.69) is 20.9 Å². The largest absolute Gasteiger partial charge is 0.506 e. The number of benzene rings is 1. The average Bonchev–Trinajstić information content (AvgIpc) is 2.17. The van der Waals surface area contributed by atoms with Crippen LogP contribution in [-0.2, 0) is 0 Å². The molecule has 2 aromatic rings. The van der Waals surface area contributed by atoms with Gasteiger partial charge in [-0.15, -0.1) is 0 Å². The zero-order valence-electron chi connectivity index (χ0n) is 7.14. The first kappa shape index (κ1) is 10.8. The van der Waals surface area contributed by atoms with Gasteiger partial charge in [0, 0.05) is 10.4 Å². The summed E-state index contributed by atoms with van der Waals surface area (Å²) in [5.74, 6) is -0.168. The molecule has 1 aromatic heterocycles. The van der Waals surface area contributed by atoms with Crippen molar-refractivity contribution in [2.75, 3.05) is 0 Å². The molecule has 0 bridgehead atoms. The van der Waals surface area contributed by atoms with Crippen LogP contribution < -0.4 is 5.56 Å². The van der Waals surface area contributed by atoms with Gasteiger partial charge in [0.25, 0.3) is 5.56 Å². The van der Waals surface area contributed by atoms with E-state index in [1.807, 2.05) is 0 Å². The molecule has 78 valence electrons. The van der Waals surface area contributed by atoms with Crippen molar-refractivity contribution in [2.24, 2.45) is 0 Å². The van der Waals surface area contributed by atoms with Crippen LogP contribution in [0.1, 0.15) is 0 Å². The summed E-state index contributed by atoms with van der Waals surface area (Å²) in [5.41, 5.74) is -0.0732. The summed E-state index contributed by atoms with van der Waals surface area (Å²) in [7, 11) is 0. The second-order valence-electron chi connectivity index (χ2n) is 2.93. The number of aromatic nitrogens is 1. The molecule has 0 amide bonds. The maximum Gasteiger partial charge on any atom is 0.266 e. The summed E-state index contributed by atoms with van der Waals surface area (Å²) in [6.45, 7) is 0. The zero-order valence-corrected chi connectivity index (χ0v) is 10.2. The minimum atomic E-state index is -0.441. The predicted octanol–water partition coefficient (Wildman–Crippen LogP) is 3.30. The quantitative estimate of drug-likeness (QED) is 0.784. The number of nitrogens with one attached hydrogen (secondary N) is 1. The predicted molar refractivity (Wildman–Crippen MR) is 64.0 cm³/mol. The lowest BCUT2D eigenvalue weighted by molar-refractivity contribution is 0.477. The molecule has 0 fully saturated rings. The lowest BCUT2D eigenvalue weighted by Gasteiger charge is -2.05. The van der Waals surface area contributed by atoms with E-state index in [0.29, 0.717) is 15.9 Å². The Hall–Kier alpha value is -0.710. The lowest BCUT2D eigenvalue weighted by atomic mass is 10.2. The van der Waals surface area contributed by atoms with Crippen molar-refractivity contribution in [3.63, 3.8) is 0 Å². The van der Waals surface area contributed by atoms with E-state index in [1.54, 1.807) is 0 Å². The van der Waals surface area contributed by atoms with Gasteiger partial charge in [0.2, 0.25) is 0 Å². The third kappa shape index (κ3) is 1.73. The molecular formula is C9H4BrCl2NO2. The van der Waals surface area contributed by atoms with Crippen LogP contribution in [0.5, 0.6) is 5.75 Å². The Morgan fingerprint density at radius 3 is 2.67 bits per heavy atom. The first-order chi connectivity index (χ1) is 7.00. The third-order valence-corrected chi connectivity index (χ3v) is 3.21. The molecule has 6 heteroatoms. The Morgan fingerprint density at radius 1 is 1.33 bits per heavy atom. The molecule has 2 N–H and O–H groups in total. The summed E-state index contributed by atoms with van der Waals surface area (Å²) in [4.78, 5) is 13.9. The minimum Gasteiger partial charge on any atom is -0.506 e. The highest BCUT2D eigenvalue weighted by atomic mass is 79.9. The molecule has 0 aliphatic carbocycles. The van der Waals surface area contributed by atoms with Crippen LogP contribution in [0.4, 0.5) is 0 Å². The van der Waals surface area contributed by atoms with Crippen molar-refractivity contribution in [3.05, 3.63) is 37.0 Å². The Morgan fingerprint density at radius 2 is 2.00 bits per heavy atom. The molecule has 0 spiro atoms. The fourth-order valence-electron chi connectivity index (χ4n) is 1.28. The van der Waals surface area contributed by atoms with Gasteiger partial charge in [-0.1, -0.05) is 23.2 Å². The molecule has 0 saturated heterocycles. The number of H-pyrrole nitrogens is 1. The highest BCUT2D eigenvalue weighted by Gasteiger charge is 2.12. The van der Waals surface area contributed by atoms with Crippen LogP contribution in [0.2, 0.25) is 10.0 Å². The number of aromatic amines is 1. The van der Waals surface area contributed by atoms with Crippen molar-refractivity contribution < 1.29 is 5.11 Å². The third-order valence-electron chi connectivity index (χ3n) is 1.96. The number of halogens is 3. The molecule has 0 atom stereocenters. The molecular weight excluding hydrogens is 305 g/mol. The first-order valence-corrected chi connectivity index (χ1v) is 5.45. The standard InChI is InChI=1S/C9H4BrCl2NO2/c10-6-8(14)4-1-3(11)2-5(12)7(4)13-9(6)15/h1-2H,(H2,13,14,15). The Bertz CT molecular complexity index is 609. The summed E-state index contributed by atoms with van der Waals surface area (Å²) in [5, 5.41) is 10.8. The van der Waals surface area contributed by atoms with Crippen molar-refractivity contribution in [3.8, 4) is 5.75 Å². The van der Waals surface area contributed by atoms with E-state index in [4.69, 9.17) is 23.2 Å². The monoisotopic (exact) mass is 307 g/mol. The fourth-order valence-corrected chi connectivity index (χ4v) is 2.13. The Labute approximate surface area is 103 Å². The van der Waals surface area contributed by atoms with Gasteiger partial charge in [-0.25, -0.2) is 0 Å². The maximum absolute atomic E-state index is 11.3. The van der Waals surface area contributed by atoms with Gasteiger partial charge >= 0.3 is 0 Å². The summed E-state index contributed by atoms with van der Waals surface area (Å²) in [6, 6.07) is 3.02. The van der Waals surface area contributed by atoms with Crippen LogP contribution >= 0.6 is 39.1 Å². The van der Waals surface area contributed by atoms with E-state index in [1.165, 1.54) is 12.1 Å². The van der Waals surface area contributed by atoms with E-state index >= 15 is 0 Å². The zero-order chi connectivity index (χ0) is 11.2. The van der Waals surface area contributed by atoms with Gasteiger partial charge in [0.1, 0.15) is 10.2 Å². The molecule has 2 rings (SSSR count). The highest BCUT2D eigenvalue weighted by Crippen LogP contribution is 2.34. The number of hydrogen-bond donors (Lipinski definition) is 2. The van der Waals surface area contributed by atoms with Crippen LogP contribution in [-0.4, -0.2) is 10.1 Å². The van der Waals surface area contributed by atoms with Crippen LogP contribution in [0, 0.1) is 0 Å². The van der Waals surface area contributed by atoms with Crippen molar-refractivity contribution >= 4 is 50.0 Å². The molecule has 0 radical (unpaired) electrons.